The molecule has 3 fully saturated rings. The lowest BCUT2D eigenvalue weighted by molar-refractivity contribution is 0.0154. The Morgan fingerprint density at radius 2 is 1.79 bits per heavy atom. The van der Waals surface area contributed by atoms with Crippen molar-refractivity contribution >= 4 is 11.9 Å². The van der Waals surface area contributed by atoms with Gasteiger partial charge in [-0.25, -0.2) is 4.79 Å². The van der Waals surface area contributed by atoms with E-state index in [1.165, 1.54) is 11.1 Å². The number of rotatable bonds is 6. The quantitative estimate of drug-likeness (QED) is 0.470. The molecule has 3 atom stereocenters. The number of piperidine rings is 1. The van der Waals surface area contributed by atoms with Crippen molar-refractivity contribution < 1.29 is 14.3 Å². The summed E-state index contributed by atoms with van der Waals surface area (Å²) in [5, 5.41) is 10.5. The number of fused-ring (bicyclic) bond motifs is 3. The summed E-state index contributed by atoms with van der Waals surface area (Å²) >= 11 is 0. The number of hydrogen-bond donors (Lipinski definition) is 0. The number of nitrogens with zero attached hydrogens (tertiary/aromatic N) is 6. The fourth-order valence-electron chi connectivity index (χ4n) is 7.35. The van der Waals surface area contributed by atoms with Gasteiger partial charge < -0.3 is 24.2 Å². The molecule has 0 unspecified atom stereocenters. The van der Waals surface area contributed by atoms with Crippen molar-refractivity contribution in [2.45, 2.75) is 96.1 Å². The average molecular weight is 587 g/mol. The van der Waals surface area contributed by atoms with Crippen LogP contribution in [0.2, 0.25) is 0 Å². The summed E-state index contributed by atoms with van der Waals surface area (Å²) in [6.45, 7) is 11.0. The lowest BCUT2D eigenvalue weighted by atomic mass is 9.89. The molecule has 1 amide bonds. The van der Waals surface area contributed by atoms with Gasteiger partial charge in [-0.1, -0.05) is 30.3 Å². The van der Waals surface area contributed by atoms with Gasteiger partial charge in [-0.3, -0.25) is 4.90 Å². The van der Waals surface area contributed by atoms with Crippen molar-refractivity contribution in [2.75, 3.05) is 44.7 Å². The van der Waals surface area contributed by atoms with Gasteiger partial charge in [-0.2, -0.15) is 10.2 Å². The van der Waals surface area contributed by atoms with Crippen LogP contribution in [0.1, 0.15) is 75.1 Å². The summed E-state index contributed by atoms with van der Waals surface area (Å²) in [7, 11) is 2.14. The summed E-state index contributed by atoms with van der Waals surface area (Å²) in [6.07, 6.45) is 5.98. The first kappa shape index (κ1) is 29.7. The minimum Gasteiger partial charge on any atom is -0.475 e. The largest absolute Gasteiger partial charge is 0.475 e. The minimum atomic E-state index is -0.525. The highest BCUT2D eigenvalue weighted by Crippen LogP contribution is 2.41. The summed E-state index contributed by atoms with van der Waals surface area (Å²) in [6, 6.07) is 13.7. The van der Waals surface area contributed by atoms with Crippen LogP contribution in [0.5, 0.6) is 5.88 Å². The third-order valence-electron chi connectivity index (χ3n) is 9.48. The Morgan fingerprint density at radius 1 is 1.05 bits per heavy atom. The number of anilines is 1. The summed E-state index contributed by atoms with van der Waals surface area (Å²) in [5.41, 5.74) is 3.55. The smallest absolute Gasteiger partial charge is 0.410 e. The molecule has 9 heteroatoms. The maximum atomic E-state index is 13.1. The van der Waals surface area contributed by atoms with Gasteiger partial charge in [0.1, 0.15) is 29.7 Å². The Bertz CT molecular complexity index is 1340. The van der Waals surface area contributed by atoms with E-state index in [4.69, 9.17) is 14.5 Å². The van der Waals surface area contributed by atoms with E-state index in [0.717, 1.165) is 69.5 Å². The molecular formula is C34H46N6O3. The standard InChI is InChI=1S/C34H46N6O3/c1-34(2,3)43-33(41)39-20-25-12-8-13-26(21-39)40(25)31-28-15-17-38(19-24-10-6-5-7-11-24)22-30(28)29(18-35)32(36-31)42-23-27-14-9-16-37(27)4/h5-7,10-11,25-27H,8-9,12-17,19-23H2,1-4H3/t25-,26+,27-/m0/s1. The van der Waals surface area contributed by atoms with E-state index in [1.54, 1.807) is 0 Å². The molecule has 4 aliphatic rings. The van der Waals surface area contributed by atoms with Gasteiger partial charge in [-0.05, 0) is 84.0 Å². The van der Waals surface area contributed by atoms with E-state index in [0.29, 0.717) is 43.7 Å². The van der Waals surface area contributed by atoms with E-state index in [2.05, 4.69) is 52.1 Å². The normalized spacial score (nSPS) is 24.4. The molecule has 0 radical (unpaired) electrons. The van der Waals surface area contributed by atoms with Gasteiger partial charge in [0.2, 0.25) is 5.88 Å². The number of amides is 1. The van der Waals surface area contributed by atoms with Crippen LogP contribution in [-0.2, 0) is 24.2 Å². The number of hydrogen-bond acceptors (Lipinski definition) is 8. The van der Waals surface area contributed by atoms with Gasteiger partial charge in [0.25, 0.3) is 0 Å². The molecule has 0 aliphatic carbocycles. The van der Waals surface area contributed by atoms with Crippen molar-refractivity contribution in [1.29, 1.82) is 5.26 Å². The van der Waals surface area contributed by atoms with Crippen molar-refractivity contribution in [3.63, 3.8) is 0 Å². The first-order valence-electron chi connectivity index (χ1n) is 16.0. The van der Waals surface area contributed by atoms with Crippen molar-refractivity contribution in [3.05, 3.63) is 52.6 Å². The van der Waals surface area contributed by atoms with Gasteiger partial charge in [0, 0.05) is 56.4 Å². The number of likely N-dealkylation sites (N-methyl/N-ethyl adjacent to an activating group) is 1. The molecule has 9 nitrogen and oxygen atoms in total. The molecule has 1 aromatic heterocycles. The molecular weight excluding hydrogens is 540 g/mol. The Labute approximate surface area is 256 Å². The molecule has 0 spiro atoms. The first-order valence-corrected chi connectivity index (χ1v) is 16.0. The Balaban J connectivity index is 1.33. The van der Waals surface area contributed by atoms with Gasteiger partial charge in [0.05, 0.1) is 0 Å². The van der Waals surface area contributed by atoms with E-state index in [9.17, 15) is 10.1 Å². The highest BCUT2D eigenvalue weighted by molar-refractivity contribution is 5.69. The second-order valence-corrected chi connectivity index (χ2v) is 13.7. The molecule has 2 aromatic rings. The number of ether oxygens (including phenoxy) is 2. The number of aromatic nitrogens is 1. The van der Waals surface area contributed by atoms with Crippen molar-refractivity contribution in [3.8, 4) is 11.9 Å². The number of likely N-dealkylation sites (tertiary alicyclic amines) is 2. The summed E-state index contributed by atoms with van der Waals surface area (Å²) in [4.78, 5) is 27.4. The van der Waals surface area contributed by atoms with E-state index in [1.807, 2.05) is 31.7 Å². The zero-order chi connectivity index (χ0) is 30.1. The topological polar surface area (TPSA) is 85.2 Å². The molecule has 6 rings (SSSR count). The van der Waals surface area contributed by atoms with E-state index in [-0.39, 0.29) is 18.2 Å². The van der Waals surface area contributed by atoms with Crippen LogP contribution in [0.15, 0.2) is 30.3 Å². The highest BCUT2D eigenvalue weighted by Gasteiger charge is 2.43. The Hall–Kier alpha value is -3.35. The first-order chi connectivity index (χ1) is 20.7. The minimum absolute atomic E-state index is 0.153. The molecule has 0 N–H and O–H groups in total. The van der Waals surface area contributed by atoms with E-state index >= 15 is 0 Å². The molecule has 0 saturated carbocycles. The number of pyridine rings is 1. The maximum absolute atomic E-state index is 13.1. The molecule has 4 aliphatic heterocycles. The third kappa shape index (κ3) is 6.46. The molecule has 2 bridgehead atoms. The number of benzene rings is 1. The van der Waals surface area contributed by atoms with Gasteiger partial charge >= 0.3 is 6.09 Å². The van der Waals surface area contributed by atoms with E-state index < -0.39 is 5.60 Å². The second kappa shape index (κ2) is 12.3. The molecule has 5 heterocycles. The van der Waals surface area contributed by atoms with Crippen LogP contribution >= 0.6 is 0 Å². The lowest BCUT2D eigenvalue weighted by Gasteiger charge is -2.51. The zero-order valence-corrected chi connectivity index (χ0v) is 26.2. The van der Waals surface area contributed by atoms with Crippen LogP contribution in [0, 0.1) is 11.3 Å². The predicted molar refractivity (Wildman–Crippen MR) is 166 cm³/mol. The number of carbonyl (C=O) groups is 1. The molecule has 1 aromatic carbocycles. The molecule has 43 heavy (non-hydrogen) atoms. The van der Waals surface area contributed by atoms with Crippen molar-refractivity contribution in [1.82, 2.24) is 19.7 Å². The predicted octanol–water partition coefficient (Wildman–Crippen LogP) is 4.96. The average Bonchev–Trinajstić information content (AvgIpc) is 3.38. The zero-order valence-electron chi connectivity index (χ0n) is 26.2. The van der Waals surface area contributed by atoms with Crippen LogP contribution in [-0.4, -0.2) is 89.3 Å². The summed E-state index contributed by atoms with van der Waals surface area (Å²) in [5.74, 6) is 1.42. The Kier molecular flexibility index (Phi) is 8.52. The fourth-order valence-corrected chi connectivity index (χ4v) is 7.35. The molecule has 230 valence electrons. The summed E-state index contributed by atoms with van der Waals surface area (Å²) < 4.78 is 12.2. The van der Waals surface area contributed by atoms with Crippen LogP contribution in [0.3, 0.4) is 0 Å². The highest BCUT2D eigenvalue weighted by atomic mass is 16.6. The van der Waals surface area contributed by atoms with Crippen LogP contribution in [0.25, 0.3) is 0 Å². The maximum Gasteiger partial charge on any atom is 0.410 e. The Morgan fingerprint density at radius 3 is 2.44 bits per heavy atom. The lowest BCUT2D eigenvalue weighted by Crippen LogP contribution is -2.63. The molecule has 3 saturated heterocycles. The monoisotopic (exact) mass is 586 g/mol. The fraction of sp³-hybridized carbons (Fsp3) is 0.618. The third-order valence-corrected chi connectivity index (χ3v) is 9.48. The van der Waals surface area contributed by atoms with Crippen LogP contribution < -0.4 is 9.64 Å². The van der Waals surface area contributed by atoms with Crippen LogP contribution in [0.4, 0.5) is 10.6 Å². The van der Waals surface area contributed by atoms with Gasteiger partial charge in [0.15, 0.2) is 0 Å². The van der Waals surface area contributed by atoms with Gasteiger partial charge in [-0.15, -0.1) is 0 Å². The SMILES string of the molecule is CN1CCC[C@H]1COc1nc(N2[C@@H]3CCC[C@H]2CN(C(=O)OC(C)(C)C)C3)c2c(c1C#N)CN(Cc1ccccc1)CC2. The van der Waals surface area contributed by atoms with Crippen molar-refractivity contribution in [2.24, 2.45) is 0 Å². The number of carbonyl (C=O) groups excluding carboxylic acids is 1. The number of piperazine rings is 1. The second-order valence-electron chi connectivity index (χ2n) is 13.7. The number of nitriles is 1.